The third-order valence-electron chi connectivity index (χ3n) is 3.99. The van der Waals surface area contributed by atoms with Crippen LogP contribution in [-0.2, 0) is 4.79 Å². The van der Waals surface area contributed by atoms with E-state index in [-0.39, 0.29) is 22.7 Å². The fraction of sp³-hybridized carbons (Fsp3) is 0.111. The summed E-state index contributed by atoms with van der Waals surface area (Å²) in [4.78, 5) is 16.9. The summed E-state index contributed by atoms with van der Waals surface area (Å²) in [6.45, 7) is 0. The number of amides is 1. The van der Waals surface area contributed by atoms with E-state index in [1.54, 1.807) is 0 Å². The third-order valence-corrected chi connectivity index (χ3v) is 5.25. The van der Waals surface area contributed by atoms with Crippen LogP contribution >= 0.6 is 23.4 Å². The summed E-state index contributed by atoms with van der Waals surface area (Å²) < 4.78 is 13.1. The van der Waals surface area contributed by atoms with E-state index in [9.17, 15) is 9.18 Å². The summed E-state index contributed by atoms with van der Waals surface area (Å²) in [5.41, 5.74) is 5.53. The maximum absolute atomic E-state index is 13.1. The quantitative estimate of drug-likeness (QED) is 0.826. The predicted octanol–water partition coefficient (Wildman–Crippen LogP) is 4.23. The lowest BCUT2D eigenvalue weighted by molar-refractivity contribution is -0.113. The molecule has 2 N–H and O–H groups in total. The van der Waals surface area contributed by atoms with Gasteiger partial charge in [0.25, 0.3) is 0 Å². The number of carbonyl (C=O) groups is 1. The molecule has 0 aromatic heterocycles. The van der Waals surface area contributed by atoms with Gasteiger partial charge in [-0.15, -0.1) is 0 Å². The molecule has 4 rings (SSSR count). The molecule has 2 aliphatic rings. The minimum Gasteiger partial charge on any atom is -0.324 e. The molecule has 0 fully saturated rings. The van der Waals surface area contributed by atoms with Crippen molar-refractivity contribution in [2.75, 3.05) is 11.1 Å². The van der Waals surface area contributed by atoms with Gasteiger partial charge >= 0.3 is 0 Å². The van der Waals surface area contributed by atoms with Crippen LogP contribution in [0.1, 0.15) is 11.6 Å². The summed E-state index contributed by atoms with van der Waals surface area (Å²) in [6, 6.07) is 11.8. The number of thioether (sulfide) groups is 1. The number of carbonyl (C=O) groups excluding carboxylic acids is 1. The van der Waals surface area contributed by atoms with E-state index < -0.39 is 5.82 Å². The Bertz CT molecular complexity index is 933. The van der Waals surface area contributed by atoms with E-state index in [2.05, 4.69) is 15.7 Å². The van der Waals surface area contributed by atoms with Gasteiger partial charge in [-0.2, -0.15) is 0 Å². The van der Waals surface area contributed by atoms with Gasteiger partial charge in [0.2, 0.25) is 5.91 Å². The maximum atomic E-state index is 13.1. The third kappa shape index (κ3) is 3.27. The highest BCUT2D eigenvalue weighted by Gasteiger charge is 2.31. The van der Waals surface area contributed by atoms with Crippen molar-refractivity contribution >= 4 is 45.8 Å². The number of hydrogen-bond acceptors (Lipinski definition) is 5. The zero-order valence-electron chi connectivity index (χ0n) is 13.4. The van der Waals surface area contributed by atoms with Gasteiger partial charge in [0.05, 0.1) is 28.2 Å². The largest absolute Gasteiger partial charge is 0.324 e. The fourth-order valence-electron chi connectivity index (χ4n) is 2.80. The molecular weight excluding hydrogens is 375 g/mol. The molecule has 26 heavy (non-hydrogen) atoms. The monoisotopic (exact) mass is 388 g/mol. The first-order valence-corrected chi connectivity index (χ1v) is 9.25. The van der Waals surface area contributed by atoms with Gasteiger partial charge in [0.1, 0.15) is 5.82 Å². The molecule has 0 saturated carbocycles. The predicted molar refractivity (Wildman–Crippen MR) is 103 cm³/mol. The number of nitrogens with zero attached hydrogens (tertiary/aromatic N) is 2. The Morgan fingerprint density at radius 3 is 3.04 bits per heavy atom. The number of fused-ring (bicyclic) bond motifs is 3. The van der Waals surface area contributed by atoms with Crippen LogP contribution in [0.5, 0.6) is 0 Å². The molecule has 0 aliphatic carbocycles. The first-order chi connectivity index (χ1) is 12.6. The Morgan fingerprint density at radius 1 is 1.35 bits per heavy atom. The van der Waals surface area contributed by atoms with E-state index in [0.29, 0.717) is 10.9 Å². The van der Waals surface area contributed by atoms with Crippen molar-refractivity contribution in [2.24, 2.45) is 4.99 Å². The summed E-state index contributed by atoms with van der Waals surface area (Å²) in [5.74, 6) is -0.537. The van der Waals surface area contributed by atoms with Crippen LogP contribution in [0.25, 0.3) is 0 Å². The smallest absolute Gasteiger partial charge is 0.234 e. The molecule has 0 unspecified atom stereocenters. The molecule has 2 aliphatic heterocycles. The van der Waals surface area contributed by atoms with Gasteiger partial charge in [-0.3, -0.25) is 9.80 Å². The van der Waals surface area contributed by atoms with Gasteiger partial charge in [0, 0.05) is 11.8 Å². The molecule has 1 amide bonds. The standard InChI is InChI=1S/C18H14ClFN4OS/c19-13-9-11(20)5-6-15(13)22-17(25)10-26-18-23-14-4-2-1-3-12(14)16-7-8-21-24(16)18/h1-9,16,21H,10H2,(H,22,25)/t16-/m0/s1. The minimum absolute atomic E-state index is 0.0563. The van der Waals surface area contributed by atoms with Crippen molar-refractivity contribution < 1.29 is 9.18 Å². The SMILES string of the molecule is O=C(CSC1=Nc2ccccc2[C@@H]2C=CNN12)Nc1ccc(F)cc1Cl. The van der Waals surface area contributed by atoms with Crippen molar-refractivity contribution in [2.45, 2.75) is 6.04 Å². The normalized spacial score (nSPS) is 17.2. The molecule has 0 saturated heterocycles. The van der Waals surface area contributed by atoms with Crippen molar-refractivity contribution in [1.82, 2.24) is 10.4 Å². The minimum atomic E-state index is -0.448. The molecule has 5 nitrogen and oxygen atoms in total. The van der Waals surface area contributed by atoms with Gasteiger partial charge < -0.3 is 10.7 Å². The van der Waals surface area contributed by atoms with Crippen molar-refractivity contribution in [3.05, 3.63) is 71.1 Å². The highest BCUT2D eigenvalue weighted by atomic mass is 35.5. The lowest BCUT2D eigenvalue weighted by Gasteiger charge is -2.31. The Balaban J connectivity index is 1.46. The number of halogens is 2. The number of hydrazine groups is 1. The van der Waals surface area contributed by atoms with E-state index in [0.717, 1.165) is 17.3 Å². The lowest BCUT2D eigenvalue weighted by Crippen LogP contribution is -2.39. The first kappa shape index (κ1) is 16.9. The van der Waals surface area contributed by atoms with Crippen LogP contribution in [0.4, 0.5) is 15.8 Å². The number of nitrogens with one attached hydrogen (secondary N) is 2. The zero-order valence-corrected chi connectivity index (χ0v) is 15.0. The van der Waals surface area contributed by atoms with Crippen molar-refractivity contribution in [3.63, 3.8) is 0 Å². The molecule has 1 atom stereocenters. The Morgan fingerprint density at radius 2 is 2.19 bits per heavy atom. The van der Waals surface area contributed by atoms with Gasteiger partial charge in [-0.25, -0.2) is 9.38 Å². The molecular formula is C18H14ClFN4OS. The number of para-hydroxylation sites is 1. The summed E-state index contributed by atoms with van der Waals surface area (Å²) in [5, 5.41) is 5.48. The average molecular weight is 389 g/mol. The van der Waals surface area contributed by atoms with Gasteiger partial charge in [-0.1, -0.05) is 41.6 Å². The molecule has 2 aromatic rings. The lowest BCUT2D eigenvalue weighted by atomic mass is 10.0. The van der Waals surface area contributed by atoms with Gasteiger partial charge in [0.15, 0.2) is 5.17 Å². The van der Waals surface area contributed by atoms with Crippen LogP contribution in [0.15, 0.2) is 59.7 Å². The second-order valence-electron chi connectivity index (χ2n) is 5.72. The number of benzene rings is 2. The molecule has 0 spiro atoms. The molecule has 2 aromatic carbocycles. The number of rotatable bonds is 3. The van der Waals surface area contributed by atoms with Gasteiger partial charge in [-0.05, 0) is 30.3 Å². The number of hydrogen-bond donors (Lipinski definition) is 2. The Hall–Kier alpha value is -2.51. The topological polar surface area (TPSA) is 56.7 Å². The molecule has 8 heteroatoms. The second kappa shape index (κ2) is 7.01. The summed E-state index contributed by atoms with van der Waals surface area (Å²) in [6.07, 6.45) is 3.91. The molecule has 0 radical (unpaired) electrons. The second-order valence-corrected chi connectivity index (χ2v) is 7.07. The Labute approximate surface area is 158 Å². The Kier molecular flexibility index (Phi) is 4.57. The highest BCUT2D eigenvalue weighted by Crippen LogP contribution is 2.38. The summed E-state index contributed by atoms with van der Waals surface area (Å²) in [7, 11) is 0. The van der Waals surface area contributed by atoms with Crippen LogP contribution in [-0.4, -0.2) is 21.8 Å². The summed E-state index contributed by atoms with van der Waals surface area (Å²) >= 11 is 7.26. The first-order valence-electron chi connectivity index (χ1n) is 7.89. The molecule has 2 heterocycles. The maximum Gasteiger partial charge on any atom is 0.234 e. The van der Waals surface area contributed by atoms with E-state index in [1.807, 2.05) is 41.6 Å². The average Bonchev–Trinajstić information content (AvgIpc) is 3.12. The molecule has 0 bridgehead atoms. The number of aliphatic imine (C=N–C) groups is 1. The highest BCUT2D eigenvalue weighted by molar-refractivity contribution is 8.14. The van der Waals surface area contributed by atoms with E-state index in [4.69, 9.17) is 11.6 Å². The van der Waals surface area contributed by atoms with Crippen LogP contribution in [0.3, 0.4) is 0 Å². The zero-order chi connectivity index (χ0) is 18.1. The van der Waals surface area contributed by atoms with Crippen LogP contribution < -0.4 is 10.7 Å². The van der Waals surface area contributed by atoms with Crippen molar-refractivity contribution in [3.8, 4) is 0 Å². The van der Waals surface area contributed by atoms with E-state index >= 15 is 0 Å². The van der Waals surface area contributed by atoms with Crippen molar-refractivity contribution in [1.29, 1.82) is 0 Å². The number of amidine groups is 1. The number of anilines is 1. The van der Waals surface area contributed by atoms with Crippen LogP contribution in [0.2, 0.25) is 5.02 Å². The fourth-order valence-corrected chi connectivity index (χ4v) is 3.82. The van der Waals surface area contributed by atoms with Crippen LogP contribution in [0, 0.1) is 5.82 Å². The molecule has 132 valence electrons. The van der Waals surface area contributed by atoms with E-state index in [1.165, 1.54) is 23.9 Å².